The molecule has 0 radical (unpaired) electrons. The van der Waals surface area contributed by atoms with E-state index in [0.717, 1.165) is 37.4 Å². The van der Waals surface area contributed by atoms with Crippen molar-refractivity contribution in [1.82, 2.24) is 4.90 Å². The summed E-state index contributed by atoms with van der Waals surface area (Å²) in [5.41, 5.74) is 0.362. The fourth-order valence-electron chi connectivity index (χ4n) is 2.84. The second-order valence-electron chi connectivity index (χ2n) is 5.65. The third-order valence-corrected chi connectivity index (χ3v) is 4.37. The van der Waals surface area contributed by atoms with Crippen LogP contribution < -0.4 is 9.64 Å². The summed E-state index contributed by atoms with van der Waals surface area (Å²) < 4.78 is 5.39. The molecule has 1 aliphatic carbocycles. The van der Waals surface area contributed by atoms with Crippen LogP contribution in [-0.4, -0.2) is 44.1 Å². The van der Waals surface area contributed by atoms with E-state index in [0.29, 0.717) is 13.1 Å². The van der Waals surface area contributed by atoms with Gasteiger partial charge in [-0.3, -0.25) is 4.79 Å². The molecule has 0 bridgehead atoms. The predicted octanol–water partition coefficient (Wildman–Crippen LogP) is 1.65. The fourth-order valence-corrected chi connectivity index (χ4v) is 2.84. The molecule has 0 aromatic heterocycles. The van der Waals surface area contributed by atoms with E-state index in [1.165, 1.54) is 0 Å². The molecule has 1 aromatic carbocycles. The van der Waals surface area contributed by atoms with Crippen LogP contribution in [0.1, 0.15) is 12.8 Å². The molecule has 1 aliphatic heterocycles. The first-order valence-corrected chi connectivity index (χ1v) is 7.29. The van der Waals surface area contributed by atoms with Crippen LogP contribution in [0.25, 0.3) is 0 Å². The number of rotatable bonds is 3. The number of amides is 1. The van der Waals surface area contributed by atoms with E-state index in [9.17, 15) is 4.79 Å². The number of hydrogen-bond acceptors (Lipinski definition) is 4. The molecular formula is C16H19N3O2. The minimum atomic E-state index is -0.702. The van der Waals surface area contributed by atoms with Gasteiger partial charge in [0.15, 0.2) is 0 Å². The van der Waals surface area contributed by atoms with Gasteiger partial charge in [-0.05, 0) is 25.0 Å². The average molecular weight is 285 g/mol. The Morgan fingerprint density at radius 1 is 1.24 bits per heavy atom. The third kappa shape index (κ3) is 2.42. The highest BCUT2D eigenvalue weighted by Crippen LogP contribution is 2.46. The molecule has 3 rings (SSSR count). The Kier molecular flexibility index (Phi) is 3.46. The maximum atomic E-state index is 12.3. The van der Waals surface area contributed by atoms with Crippen molar-refractivity contribution in [3.63, 3.8) is 0 Å². The van der Waals surface area contributed by atoms with Gasteiger partial charge in [-0.2, -0.15) is 5.26 Å². The van der Waals surface area contributed by atoms with E-state index in [1.807, 2.05) is 29.2 Å². The van der Waals surface area contributed by atoms with Gasteiger partial charge in [0, 0.05) is 26.2 Å². The van der Waals surface area contributed by atoms with Crippen LogP contribution in [0, 0.1) is 16.7 Å². The second kappa shape index (κ2) is 5.28. The minimum absolute atomic E-state index is 0.0182. The standard InChI is InChI=1S/C16H19N3O2/c1-21-14-5-3-2-4-13(14)18-8-10-19(11-9-18)15(20)16(12-17)6-7-16/h2-5H,6-11H2,1H3. The van der Waals surface area contributed by atoms with Crippen LogP contribution in [0.5, 0.6) is 5.75 Å². The number of para-hydroxylation sites is 2. The zero-order valence-corrected chi connectivity index (χ0v) is 12.2. The van der Waals surface area contributed by atoms with Gasteiger partial charge in [-0.25, -0.2) is 0 Å². The van der Waals surface area contributed by atoms with Gasteiger partial charge in [0.25, 0.3) is 0 Å². The fraction of sp³-hybridized carbons (Fsp3) is 0.500. The quantitative estimate of drug-likeness (QED) is 0.847. The van der Waals surface area contributed by atoms with Crippen LogP contribution in [0.2, 0.25) is 0 Å². The Hall–Kier alpha value is -2.22. The molecule has 21 heavy (non-hydrogen) atoms. The van der Waals surface area contributed by atoms with Crippen molar-refractivity contribution < 1.29 is 9.53 Å². The van der Waals surface area contributed by atoms with Crippen LogP contribution in [0.4, 0.5) is 5.69 Å². The van der Waals surface area contributed by atoms with Gasteiger partial charge in [-0.1, -0.05) is 12.1 Å². The maximum Gasteiger partial charge on any atom is 0.243 e. The highest BCUT2D eigenvalue weighted by atomic mass is 16.5. The molecule has 1 saturated heterocycles. The number of nitriles is 1. The summed E-state index contributed by atoms with van der Waals surface area (Å²) in [6, 6.07) is 10.1. The molecule has 0 unspecified atom stereocenters. The largest absolute Gasteiger partial charge is 0.495 e. The molecule has 2 aliphatic rings. The first kappa shape index (κ1) is 13.7. The minimum Gasteiger partial charge on any atom is -0.495 e. The van der Waals surface area contributed by atoms with Crippen LogP contribution in [0.3, 0.4) is 0 Å². The number of piperazine rings is 1. The SMILES string of the molecule is COc1ccccc1N1CCN(C(=O)C2(C#N)CC2)CC1. The highest BCUT2D eigenvalue weighted by molar-refractivity contribution is 5.88. The number of benzene rings is 1. The Labute approximate surface area is 124 Å². The molecule has 5 heteroatoms. The van der Waals surface area contributed by atoms with Gasteiger partial charge >= 0.3 is 0 Å². The highest BCUT2D eigenvalue weighted by Gasteiger charge is 2.52. The summed E-state index contributed by atoms with van der Waals surface area (Å²) in [7, 11) is 1.67. The molecule has 1 saturated carbocycles. The van der Waals surface area contributed by atoms with E-state index in [2.05, 4.69) is 11.0 Å². The van der Waals surface area contributed by atoms with Crippen LogP contribution in [0.15, 0.2) is 24.3 Å². The summed E-state index contributed by atoms with van der Waals surface area (Å²) in [5, 5.41) is 9.13. The molecule has 1 heterocycles. The number of ether oxygens (including phenoxy) is 1. The average Bonchev–Trinajstić information content (AvgIpc) is 3.35. The lowest BCUT2D eigenvalue weighted by Gasteiger charge is -2.37. The molecule has 1 amide bonds. The Balaban J connectivity index is 1.66. The van der Waals surface area contributed by atoms with Crippen molar-refractivity contribution in [2.75, 3.05) is 38.2 Å². The van der Waals surface area contributed by atoms with Gasteiger partial charge in [-0.15, -0.1) is 0 Å². The first-order valence-electron chi connectivity index (χ1n) is 7.29. The summed E-state index contributed by atoms with van der Waals surface area (Å²) in [6.45, 7) is 2.88. The van der Waals surface area contributed by atoms with Gasteiger partial charge in [0.1, 0.15) is 11.2 Å². The number of anilines is 1. The molecule has 0 atom stereocenters. The predicted molar refractivity (Wildman–Crippen MR) is 79.1 cm³/mol. The summed E-state index contributed by atoms with van der Waals surface area (Å²) in [6.07, 6.45) is 1.43. The number of nitrogens with zero attached hydrogens (tertiary/aromatic N) is 3. The lowest BCUT2D eigenvalue weighted by Crippen LogP contribution is -2.50. The lowest BCUT2D eigenvalue weighted by atomic mass is 10.1. The van der Waals surface area contributed by atoms with Gasteiger partial charge in [0.05, 0.1) is 18.9 Å². The molecule has 0 N–H and O–H groups in total. The van der Waals surface area contributed by atoms with Crippen molar-refractivity contribution in [2.45, 2.75) is 12.8 Å². The van der Waals surface area contributed by atoms with Crippen molar-refractivity contribution in [1.29, 1.82) is 5.26 Å². The maximum absolute atomic E-state index is 12.3. The number of carbonyl (C=O) groups is 1. The van der Waals surface area contributed by atoms with Gasteiger partial charge in [0.2, 0.25) is 5.91 Å². The summed E-state index contributed by atoms with van der Waals surface area (Å²) in [5.74, 6) is 0.873. The number of carbonyl (C=O) groups excluding carboxylic acids is 1. The van der Waals surface area contributed by atoms with Gasteiger partial charge < -0.3 is 14.5 Å². The van der Waals surface area contributed by atoms with Crippen molar-refractivity contribution >= 4 is 11.6 Å². The topological polar surface area (TPSA) is 56.6 Å². The van der Waals surface area contributed by atoms with Crippen LogP contribution in [-0.2, 0) is 4.79 Å². The zero-order valence-electron chi connectivity index (χ0n) is 12.2. The lowest BCUT2D eigenvalue weighted by molar-refractivity contribution is -0.135. The van der Waals surface area contributed by atoms with Crippen molar-refractivity contribution in [2.24, 2.45) is 5.41 Å². The molecule has 1 aromatic rings. The van der Waals surface area contributed by atoms with Crippen molar-refractivity contribution in [3.8, 4) is 11.8 Å². The van der Waals surface area contributed by atoms with E-state index < -0.39 is 5.41 Å². The molecule has 0 spiro atoms. The molecular weight excluding hydrogens is 266 g/mol. The molecule has 110 valence electrons. The Morgan fingerprint density at radius 2 is 1.90 bits per heavy atom. The first-order chi connectivity index (χ1) is 10.2. The van der Waals surface area contributed by atoms with E-state index in [4.69, 9.17) is 10.00 Å². The summed E-state index contributed by atoms with van der Waals surface area (Å²) in [4.78, 5) is 16.4. The molecule has 5 nitrogen and oxygen atoms in total. The molecule has 2 fully saturated rings. The van der Waals surface area contributed by atoms with E-state index in [-0.39, 0.29) is 5.91 Å². The second-order valence-corrected chi connectivity index (χ2v) is 5.65. The number of methoxy groups -OCH3 is 1. The Bertz CT molecular complexity index is 581. The summed E-state index contributed by atoms with van der Waals surface area (Å²) >= 11 is 0. The zero-order chi connectivity index (χ0) is 14.9. The smallest absolute Gasteiger partial charge is 0.243 e. The van der Waals surface area contributed by atoms with Crippen molar-refractivity contribution in [3.05, 3.63) is 24.3 Å². The van der Waals surface area contributed by atoms with Crippen LogP contribution >= 0.6 is 0 Å². The third-order valence-electron chi connectivity index (χ3n) is 4.37. The Morgan fingerprint density at radius 3 is 2.48 bits per heavy atom. The van der Waals surface area contributed by atoms with E-state index in [1.54, 1.807) is 7.11 Å². The monoisotopic (exact) mass is 285 g/mol. The van der Waals surface area contributed by atoms with E-state index >= 15 is 0 Å². The number of hydrogen-bond donors (Lipinski definition) is 0. The normalized spacial score (nSPS) is 19.8.